The highest BCUT2D eigenvalue weighted by Gasteiger charge is 2.20. The topological polar surface area (TPSA) is 94.1 Å². The van der Waals surface area contributed by atoms with Gasteiger partial charge >= 0.3 is 5.97 Å². The molecule has 0 N–H and O–H groups in total. The van der Waals surface area contributed by atoms with Crippen molar-refractivity contribution in [1.82, 2.24) is 0 Å². The SMILES string of the molecule is CCCCCCCCC/C=C\CCCCCCCCOCC(COP(=O)([O-])OCC[N+](C)(C)C)OC(=O)CCCCCCCCCCCCCCC. The summed E-state index contributed by atoms with van der Waals surface area (Å²) >= 11 is 0. The number of nitrogens with zero attached hydrogens (tertiary/aromatic N) is 1. The number of rotatable bonds is 41. The fourth-order valence-electron chi connectivity index (χ4n) is 6.13. The van der Waals surface area contributed by atoms with Gasteiger partial charge in [0.1, 0.15) is 19.3 Å². The van der Waals surface area contributed by atoms with Gasteiger partial charge in [-0.25, -0.2) is 0 Å². The minimum Gasteiger partial charge on any atom is -0.756 e. The van der Waals surface area contributed by atoms with Crippen LogP contribution in [0.5, 0.6) is 0 Å². The van der Waals surface area contributed by atoms with Crippen molar-refractivity contribution in [3.05, 3.63) is 12.2 Å². The Kier molecular flexibility index (Phi) is 36.6. The van der Waals surface area contributed by atoms with Crippen LogP contribution < -0.4 is 4.89 Å². The lowest BCUT2D eigenvalue weighted by Gasteiger charge is -2.28. The second-order valence-electron chi connectivity index (χ2n) is 16.1. The molecule has 9 heteroatoms. The molecule has 0 aliphatic heterocycles. The third-order valence-corrected chi connectivity index (χ3v) is 10.5. The van der Waals surface area contributed by atoms with E-state index in [-0.39, 0.29) is 25.8 Å². The maximum absolute atomic E-state index is 12.6. The van der Waals surface area contributed by atoms with Gasteiger partial charge in [-0.1, -0.05) is 167 Å². The number of carbonyl (C=O) groups excluding carboxylic acids is 1. The van der Waals surface area contributed by atoms with E-state index < -0.39 is 13.9 Å². The Labute approximate surface area is 322 Å². The number of esters is 1. The van der Waals surface area contributed by atoms with Gasteiger partial charge in [0.2, 0.25) is 0 Å². The fraction of sp³-hybridized carbons (Fsp3) is 0.930. The van der Waals surface area contributed by atoms with E-state index in [1.807, 2.05) is 21.1 Å². The van der Waals surface area contributed by atoms with Crippen molar-refractivity contribution in [2.45, 2.75) is 206 Å². The van der Waals surface area contributed by atoms with Crippen molar-refractivity contribution < 1.29 is 37.3 Å². The molecule has 52 heavy (non-hydrogen) atoms. The molecule has 0 aromatic carbocycles. The molecule has 0 heterocycles. The summed E-state index contributed by atoms with van der Waals surface area (Å²) in [6.45, 7) is 5.42. The van der Waals surface area contributed by atoms with Crippen LogP contribution in [-0.4, -0.2) is 70.7 Å². The van der Waals surface area contributed by atoms with E-state index >= 15 is 0 Å². The molecule has 2 unspecified atom stereocenters. The van der Waals surface area contributed by atoms with Crippen LogP contribution >= 0.6 is 7.82 Å². The van der Waals surface area contributed by atoms with Crippen LogP contribution in [0.1, 0.15) is 200 Å². The van der Waals surface area contributed by atoms with Crippen LogP contribution in [-0.2, 0) is 27.9 Å². The molecule has 2 atom stereocenters. The normalized spacial score (nSPS) is 13.9. The van der Waals surface area contributed by atoms with Crippen LogP contribution in [0.2, 0.25) is 0 Å². The zero-order chi connectivity index (χ0) is 38.4. The monoisotopic (exact) mass is 760 g/mol. The summed E-state index contributed by atoms with van der Waals surface area (Å²) in [5, 5.41) is 0. The van der Waals surface area contributed by atoms with E-state index in [0.29, 0.717) is 24.1 Å². The van der Waals surface area contributed by atoms with Crippen molar-refractivity contribution in [3.63, 3.8) is 0 Å². The van der Waals surface area contributed by atoms with E-state index in [4.69, 9.17) is 18.5 Å². The van der Waals surface area contributed by atoms with Crippen molar-refractivity contribution in [2.24, 2.45) is 0 Å². The third kappa shape index (κ3) is 40.4. The molecule has 0 saturated carbocycles. The predicted molar refractivity (Wildman–Crippen MR) is 217 cm³/mol. The molecular weight excluding hydrogens is 673 g/mol. The Balaban J connectivity index is 4.21. The molecule has 0 rings (SSSR count). The molecule has 0 radical (unpaired) electrons. The number of unbranched alkanes of at least 4 members (excludes halogenated alkanes) is 25. The van der Waals surface area contributed by atoms with E-state index in [9.17, 15) is 14.3 Å². The number of hydrogen-bond donors (Lipinski definition) is 0. The van der Waals surface area contributed by atoms with Gasteiger partial charge in [0.05, 0.1) is 34.4 Å². The van der Waals surface area contributed by atoms with Crippen LogP contribution in [0.15, 0.2) is 12.2 Å². The number of likely N-dealkylation sites (N-methyl/N-ethyl adjacent to an activating group) is 1. The van der Waals surface area contributed by atoms with Crippen LogP contribution in [0, 0.1) is 0 Å². The number of hydrogen-bond acceptors (Lipinski definition) is 7. The van der Waals surface area contributed by atoms with Gasteiger partial charge in [0, 0.05) is 13.0 Å². The maximum Gasteiger partial charge on any atom is 0.306 e. The highest BCUT2D eigenvalue weighted by Crippen LogP contribution is 2.38. The summed E-state index contributed by atoms with van der Waals surface area (Å²) in [6, 6.07) is 0. The average Bonchev–Trinajstić information content (AvgIpc) is 3.09. The van der Waals surface area contributed by atoms with Gasteiger partial charge < -0.3 is 27.9 Å². The van der Waals surface area contributed by atoms with Crippen molar-refractivity contribution in [1.29, 1.82) is 0 Å². The first-order valence-electron chi connectivity index (χ1n) is 21.9. The first-order valence-corrected chi connectivity index (χ1v) is 23.4. The molecule has 0 fully saturated rings. The van der Waals surface area contributed by atoms with Gasteiger partial charge in [-0.15, -0.1) is 0 Å². The summed E-state index contributed by atoms with van der Waals surface area (Å²) in [4.78, 5) is 25.0. The van der Waals surface area contributed by atoms with Crippen molar-refractivity contribution in [3.8, 4) is 0 Å². The smallest absolute Gasteiger partial charge is 0.306 e. The highest BCUT2D eigenvalue weighted by atomic mass is 31.2. The summed E-state index contributed by atoms with van der Waals surface area (Å²) in [6.07, 6.45) is 39.3. The number of ether oxygens (including phenoxy) is 2. The summed E-state index contributed by atoms with van der Waals surface area (Å²) in [7, 11) is 1.36. The summed E-state index contributed by atoms with van der Waals surface area (Å²) in [5.41, 5.74) is 0. The Hall–Kier alpha value is -0.760. The number of phosphoric ester groups is 1. The zero-order valence-electron chi connectivity index (χ0n) is 35.0. The van der Waals surface area contributed by atoms with Crippen molar-refractivity contribution >= 4 is 13.8 Å². The Bertz CT molecular complexity index is 848. The molecule has 0 aliphatic rings. The lowest BCUT2D eigenvalue weighted by molar-refractivity contribution is -0.870. The number of phosphoric acid groups is 1. The van der Waals surface area contributed by atoms with Gasteiger partial charge in [-0.05, 0) is 38.5 Å². The first kappa shape index (κ1) is 51.2. The second-order valence-corrected chi connectivity index (χ2v) is 17.5. The summed E-state index contributed by atoms with van der Waals surface area (Å²) in [5.74, 6) is -0.334. The van der Waals surface area contributed by atoms with E-state index in [0.717, 1.165) is 32.1 Å². The minimum atomic E-state index is -4.52. The molecule has 0 aliphatic carbocycles. The van der Waals surface area contributed by atoms with E-state index in [1.165, 1.54) is 148 Å². The Morgan fingerprint density at radius 3 is 1.46 bits per heavy atom. The van der Waals surface area contributed by atoms with E-state index in [1.54, 1.807) is 0 Å². The predicted octanol–water partition coefficient (Wildman–Crippen LogP) is 12.0. The largest absolute Gasteiger partial charge is 0.756 e. The summed E-state index contributed by atoms with van der Waals surface area (Å²) < 4.78 is 34.6. The molecule has 0 aromatic heterocycles. The molecule has 0 aromatic rings. The van der Waals surface area contributed by atoms with Crippen molar-refractivity contribution in [2.75, 3.05) is 54.1 Å². The first-order chi connectivity index (χ1) is 25.1. The molecule has 0 bridgehead atoms. The minimum absolute atomic E-state index is 0.0281. The molecule has 0 saturated heterocycles. The number of quaternary nitrogens is 1. The average molecular weight is 760 g/mol. The van der Waals surface area contributed by atoms with Gasteiger partial charge in [-0.3, -0.25) is 9.36 Å². The van der Waals surface area contributed by atoms with Crippen LogP contribution in [0.4, 0.5) is 0 Å². The van der Waals surface area contributed by atoms with E-state index in [2.05, 4.69) is 26.0 Å². The second kappa shape index (κ2) is 37.2. The maximum atomic E-state index is 12.6. The molecule has 310 valence electrons. The zero-order valence-corrected chi connectivity index (χ0v) is 35.9. The Morgan fingerprint density at radius 1 is 0.577 bits per heavy atom. The quantitative estimate of drug-likeness (QED) is 0.0201. The molecule has 0 spiro atoms. The van der Waals surface area contributed by atoms with Gasteiger partial charge in [-0.2, -0.15) is 0 Å². The van der Waals surface area contributed by atoms with Crippen LogP contribution in [0.25, 0.3) is 0 Å². The lowest BCUT2D eigenvalue weighted by Crippen LogP contribution is -2.37. The number of carbonyl (C=O) groups is 1. The Morgan fingerprint density at radius 2 is 1.00 bits per heavy atom. The van der Waals surface area contributed by atoms with Gasteiger partial charge in [0.25, 0.3) is 7.82 Å². The lowest BCUT2D eigenvalue weighted by atomic mass is 10.0. The number of allylic oxidation sites excluding steroid dienone is 2. The van der Waals surface area contributed by atoms with Gasteiger partial charge in [0.15, 0.2) is 0 Å². The standard InChI is InChI=1S/C43H86NO7P/c1-6-8-10-12-14-16-18-20-21-22-23-25-27-29-31-33-35-38-48-40-42(41-50-52(46,47)49-39-37-44(3,4)5)51-43(45)36-34-32-30-28-26-24-19-17-15-13-11-9-7-2/h21-22,42H,6-20,23-41H2,1-5H3/b22-21-. The molecule has 0 amide bonds. The van der Waals surface area contributed by atoms with Crippen LogP contribution in [0.3, 0.4) is 0 Å². The fourth-order valence-corrected chi connectivity index (χ4v) is 6.86. The molecular formula is C43H86NO7P. The highest BCUT2D eigenvalue weighted by molar-refractivity contribution is 7.45. The third-order valence-electron chi connectivity index (χ3n) is 9.57. The molecule has 8 nitrogen and oxygen atoms in total.